The number of ketones is 1. The lowest BCUT2D eigenvalue weighted by Crippen LogP contribution is -2.00. The van der Waals surface area contributed by atoms with E-state index in [2.05, 4.69) is 0 Å². The number of hydrogen-bond donors (Lipinski definition) is 0. The topological polar surface area (TPSA) is 44.8 Å². The van der Waals surface area contributed by atoms with E-state index in [9.17, 15) is 4.79 Å². The second kappa shape index (κ2) is 3.21. The zero-order valence-electron chi connectivity index (χ0n) is 7.99. The van der Waals surface area contributed by atoms with Crippen molar-refractivity contribution < 1.29 is 19.0 Å². The molecule has 0 unspecified atom stereocenters. The second-order valence-corrected chi connectivity index (χ2v) is 2.89. The summed E-state index contributed by atoms with van der Waals surface area (Å²) in [6.45, 7) is 0.0616. The van der Waals surface area contributed by atoms with E-state index in [0.29, 0.717) is 22.8 Å². The van der Waals surface area contributed by atoms with Crippen LogP contribution >= 0.6 is 0 Å². The number of rotatable bonds is 2. The minimum Gasteiger partial charge on any atom is -0.496 e. The predicted octanol–water partition coefficient (Wildman–Crippen LogP) is 1.28. The molecule has 1 aliphatic heterocycles. The molecule has 0 aromatic heterocycles. The summed E-state index contributed by atoms with van der Waals surface area (Å²) in [4.78, 5) is 11.5. The fourth-order valence-electron chi connectivity index (χ4n) is 1.49. The Bertz CT molecular complexity index is 384. The number of benzene rings is 1. The largest absolute Gasteiger partial charge is 0.496 e. The quantitative estimate of drug-likeness (QED) is 0.711. The monoisotopic (exact) mass is 194 g/mol. The van der Waals surface area contributed by atoms with E-state index in [1.807, 2.05) is 0 Å². The van der Waals surface area contributed by atoms with Crippen LogP contribution in [0.5, 0.6) is 17.2 Å². The highest BCUT2D eigenvalue weighted by molar-refractivity contribution is 6.05. The average molecular weight is 194 g/mol. The molecule has 0 saturated heterocycles. The van der Waals surface area contributed by atoms with Crippen LogP contribution in [0.4, 0.5) is 0 Å². The standard InChI is InChI=1S/C10H10O4/c1-12-7-3-4-8(13-2)10-9(7)6(11)5-14-10/h3-4H,5H2,1-2H3. The molecule has 0 aliphatic carbocycles. The van der Waals surface area contributed by atoms with Gasteiger partial charge in [0, 0.05) is 0 Å². The van der Waals surface area contributed by atoms with Crippen LogP contribution in [0.2, 0.25) is 0 Å². The molecule has 14 heavy (non-hydrogen) atoms. The normalized spacial score (nSPS) is 13.4. The van der Waals surface area contributed by atoms with E-state index in [0.717, 1.165) is 0 Å². The van der Waals surface area contributed by atoms with Gasteiger partial charge < -0.3 is 14.2 Å². The van der Waals surface area contributed by atoms with Gasteiger partial charge in [-0.25, -0.2) is 0 Å². The maximum atomic E-state index is 11.5. The van der Waals surface area contributed by atoms with Crippen LogP contribution < -0.4 is 14.2 Å². The van der Waals surface area contributed by atoms with E-state index in [1.165, 1.54) is 14.2 Å². The highest BCUT2D eigenvalue weighted by atomic mass is 16.5. The van der Waals surface area contributed by atoms with Crippen LogP contribution in [0, 0.1) is 0 Å². The van der Waals surface area contributed by atoms with Crippen LogP contribution in [-0.4, -0.2) is 26.6 Å². The molecular formula is C10H10O4. The SMILES string of the molecule is COc1ccc(OC)c2c1OCC2=O. The second-order valence-electron chi connectivity index (χ2n) is 2.89. The first-order valence-corrected chi connectivity index (χ1v) is 4.19. The van der Waals surface area contributed by atoms with Crippen molar-refractivity contribution in [3.63, 3.8) is 0 Å². The summed E-state index contributed by atoms with van der Waals surface area (Å²) in [5, 5.41) is 0. The van der Waals surface area contributed by atoms with Gasteiger partial charge in [0.25, 0.3) is 0 Å². The fourth-order valence-corrected chi connectivity index (χ4v) is 1.49. The van der Waals surface area contributed by atoms with Gasteiger partial charge >= 0.3 is 0 Å². The smallest absolute Gasteiger partial charge is 0.207 e. The molecule has 0 spiro atoms. The van der Waals surface area contributed by atoms with Crippen molar-refractivity contribution in [2.75, 3.05) is 20.8 Å². The maximum Gasteiger partial charge on any atom is 0.207 e. The summed E-state index contributed by atoms with van der Waals surface area (Å²) in [6, 6.07) is 3.42. The Labute approximate surface area is 81.4 Å². The van der Waals surface area contributed by atoms with E-state index >= 15 is 0 Å². The van der Waals surface area contributed by atoms with Gasteiger partial charge in [-0.2, -0.15) is 0 Å². The number of ether oxygens (including phenoxy) is 3. The highest BCUT2D eigenvalue weighted by Crippen LogP contribution is 2.40. The molecule has 0 N–H and O–H groups in total. The molecule has 0 radical (unpaired) electrons. The summed E-state index contributed by atoms with van der Waals surface area (Å²) in [5.74, 6) is 1.50. The lowest BCUT2D eigenvalue weighted by molar-refractivity contribution is 0.0959. The maximum absolute atomic E-state index is 11.5. The van der Waals surface area contributed by atoms with Gasteiger partial charge in [0.2, 0.25) is 5.78 Å². The van der Waals surface area contributed by atoms with E-state index in [-0.39, 0.29) is 12.4 Å². The Morgan fingerprint density at radius 1 is 1.21 bits per heavy atom. The predicted molar refractivity (Wildman–Crippen MR) is 49.4 cm³/mol. The van der Waals surface area contributed by atoms with Crippen molar-refractivity contribution >= 4 is 5.78 Å². The molecule has 0 bridgehead atoms. The summed E-state index contributed by atoms with van der Waals surface area (Å²) in [7, 11) is 3.06. The van der Waals surface area contributed by atoms with Crippen molar-refractivity contribution in [2.24, 2.45) is 0 Å². The molecule has 1 aromatic rings. The van der Waals surface area contributed by atoms with Crippen LogP contribution in [0.25, 0.3) is 0 Å². The number of carbonyl (C=O) groups is 1. The molecule has 2 rings (SSSR count). The van der Waals surface area contributed by atoms with Crippen LogP contribution in [0.3, 0.4) is 0 Å². The first-order chi connectivity index (χ1) is 6.77. The van der Waals surface area contributed by atoms with Gasteiger partial charge in [-0.05, 0) is 12.1 Å². The summed E-state index contributed by atoms with van der Waals surface area (Å²) < 4.78 is 15.4. The van der Waals surface area contributed by atoms with Crippen LogP contribution in [-0.2, 0) is 0 Å². The first kappa shape index (κ1) is 8.87. The van der Waals surface area contributed by atoms with Crippen molar-refractivity contribution in [2.45, 2.75) is 0 Å². The van der Waals surface area contributed by atoms with E-state index in [4.69, 9.17) is 14.2 Å². The molecular weight excluding hydrogens is 184 g/mol. The zero-order chi connectivity index (χ0) is 10.1. The molecule has 4 heteroatoms. The van der Waals surface area contributed by atoms with Gasteiger partial charge in [0.15, 0.2) is 18.1 Å². The van der Waals surface area contributed by atoms with Gasteiger partial charge in [-0.1, -0.05) is 0 Å². The van der Waals surface area contributed by atoms with Crippen molar-refractivity contribution in [3.05, 3.63) is 17.7 Å². The minimum atomic E-state index is -0.0734. The zero-order valence-corrected chi connectivity index (χ0v) is 7.99. The minimum absolute atomic E-state index is 0.0616. The van der Waals surface area contributed by atoms with Gasteiger partial charge in [-0.15, -0.1) is 0 Å². The number of Topliss-reactive ketones (excluding diaryl/α,β-unsaturated/α-hetero) is 1. The molecule has 1 heterocycles. The Kier molecular flexibility index (Phi) is 2.04. The summed E-state index contributed by atoms with van der Waals surface area (Å²) in [6.07, 6.45) is 0. The number of hydrogen-bond acceptors (Lipinski definition) is 4. The Balaban J connectivity index is 2.62. The van der Waals surface area contributed by atoms with E-state index < -0.39 is 0 Å². The lowest BCUT2D eigenvalue weighted by Gasteiger charge is -2.08. The molecule has 74 valence electrons. The first-order valence-electron chi connectivity index (χ1n) is 4.19. The fraction of sp³-hybridized carbons (Fsp3) is 0.300. The lowest BCUT2D eigenvalue weighted by atomic mass is 10.1. The van der Waals surface area contributed by atoms with E-state index in [1.54, 1.807) is 12.1 Å². The van der Waals surface area contributed by atoms with Crippen molar-refractivity contribution in [1.29, 1.82) is 0 Å². The molecule has 0 amide bonds. The van der Waals surface area contributed by atoms with Crippen molar-refractivity contribution in [1.82, 2.24) is 0 Å². The molecule has 0 fully saturated rings. The molecule has 1 aromatic carbocycles. The third kappa shape index (κ3) is 1.11. The number of methoxy groups -OCH3 is 2. The van der Waals surface area contributed by atoms with Crippen LogP contribution in [0.15, 0.2) is 12.1 Å². The number of fused-ring (bicyclic) bond motifs is 1. The van der Waals surface area contributed by atoms with Crippen molar-refractivity contribution in [3.8, 4) is 17.2 Å². The Morgan fingerprint density at radius 2 is 1.86 bits per heavy atom. The highest BCUT2D eigenvalue weighted by Gasteiger charge is 2.28. The summed E-state index contributed by atoms with van der Waals surface area (Å²) in [5.41, 5.74) is 0.479. The van der Waals surface area contributed by atoms with Gasteiger partial charge in [-0.3, -0.25) is 4.79 Å². The third-order valence-corrected chi connectivity index (χ3v) is 2.15. The van der Waals surface area contributed by atoms with Gasteiger partial charge in [0.05, 0.1) is 14.2 Å². The Hall–Kier alpha value is -1.71. The molecule has 1 aliphatic rings. The third-order valence-electron chi connectivity index (χ3n) is 2.15. The molecule has 0 saturated carbocycles. The van der Waals surface area contributed by atoms with Crippen LogP contribution in [0.1, 0.15) is 10.4 Å². The number of carbonyl (C=O) groups excluding carboxylic acids is 1. The molecule has 0 atom stereocenters. The molecule has 4 nitrogen and oxygen atoms in total. The average Bonchev–Trinajstić information content (AvgIpc) is 2.60. The Morgan fingerprint density at radius 3 is 2.50 bits per heavy atom. The summed E-state index contributed by atoms with van der Waals surface area (Å²) >= 11 is 0. The van der Waals surface area contributed by atoms with Gasteiger partial charge in [0.1, 0.15) is 11.3 Å².